The number of thioether (sulfide) groups is 1. The number of carbonyl (C=O) groups excluding carboxylic acids is 1. The van der Waals surface area contributed by atoms with Crippen LogP contribution in [0, 0.1) is 5.41 Å². The largest absolute Gasteiger partial charge is 0.353 e. The van der Waals surface area contributed by atoms with Gasteiger partial charge in [-0.3, -0.25) is 4.79 Å². The van der Waals surface area contributed by atoms with Crippen molar-refractivity contribution in [3.8, 4) is 0 Å². The molecule has 2 aliphatic rings. The lowest BCUT2D eigenvalue weighted by atomic mass is 9.71. The second-order valence-electron chi connectivity index (χ2n) is 5.90. The summed E-state index contributed by atoms with van der Waals surface area (Å²) in [4.78, 5) is 12.2. The van der Waals surface area contributed by atoms with E-state index < -0.39 is 0 Å². The molecule has 0 bridgehead atoms. The van der Waals surface area contributed by atoms with Gasteiger partial charge in [-0.05, 0) is 49.1 Å². The number of nitrogens with one attached hydrogen (secondary N) is 1. The van der Waals surface area contributed by atoms with Gasteiger partial charge in [-0.15, -0.1) is 12.4 Å². The molecule has 3 N–H and O–H groups in total. The van der Waals surface area contributed by atoms with Crippen LogP contribution in [0.4, 0.5) is 0 Å². The second kappa shape index (κ2) is 8.38. The molecule has 0 spiro atoms. The standard InChI is InChI=1S/C14H26N2OS.ClH/c15-11-14(6-2-1-3-7-14)10-13(17)16-12-4-8-18-9-5-12;/h12H,1-11,15H2,(H,16,17);1H. The minimum atomic E-state index is 0. The Bertz CT molecular complexity index is 277. The molecule has 0 radical (unpaired) electrons. The van der Waals surface area contributed by atoms with Gasteiger partial charge < -0.3 is 11.1 Å². The smallest absolute Gasteiger partial charge is 0.220 e. The minimum absolute atomic E-state index is 0. The first kappa shape index (κ1) is 17.1. The molecule has 1 aliphatic heterocycles. The van der Waals surface area contributed by atoms with Gasteiger partial charge in [0.2, 0.25) is 5.91 Å². The van der Waals surface area contributed by atoms with Crippen LogP contribution in [0.15, 0.2) is 0 Å². The summed E-state index contributed by atoms with van der Waals surface area (Å²) in [6.07, 6.45) is 8.97. The van der Waals surface area contributed by atoms with Crippen LogP contribution >= 0.6 is 24.2 Å². The Morgan fingerprint density at radius 1 is 1.21 bits per heavy atom. The summed E-state index contributed by atoms with van der Waals surface area (Å²) in [5.41, 5.74) is 6.04. The Balaban J connectivity index is 0.00000180. The molecule has 0 aromatic carbocycles. The number of hydrogen-bond donors (Lipinski definition) is 2. The third kappa shape index (κ3) is 5.16. The van der Waals surface area contributed by atoms with E-state index in [0.29, 0.717) is 19.0 Å². The van der Waals surface area contributed by atoms with Crippen LogP contribution < -0.4 is 11.1 Å². The van der Waals surface area contributed by atoms with Crippen LogP contribution in [0.1, 0.15) is 51.4 Å². The molecule has 1 amide bonds. The highest BCUT2D eigenvalue weighted by Gasteiger charge is 2.33. The van der Waals surface area contributed by atoms with Crippen molar-refractivity contribution >= 4 is 30.1 Å². The maximum absolute atomic E-state index is 12.2. The lowest BCUT2D eigenvalue weighted by molar-refractivity contribution is -0.124. The van der Waals surface area contributed by atoms with Crippen molar-refractivity contribution in [3.63, 3.8) is 0 Å². The number of halogens is 1. The van der Waals surface area contributed by atoms with E-state index in [1.54, 1.807) is 0 Å². The summed E-state index contributed by atoms with van der Waals surface area (Å²) in [6, 6.07) is 0.414. The monoisotopic (exact) mass is 306 g/mol. The van der Waals surface area contributed by atoms with E-state index in [0.717, 1.165) is 25.7 Å². The predicted molar refractivity (Wildman–Crippen MR) is 84.9 cm³/mol. The first-order chi connectivity index (χ1) is 8.74. The molecule has 2 fully saturated rings. The van der Waals surface area contributed by atoms with Crippen molar-refractivity contribution in [2.75, 3.05) is 18.1 Å². The number of rotatable bonds is 4. The van der Waals surface area contributed by atoms with E-state index in [-0.39, 0.29) is 23.7 Å². The highest BCUT2D eigenvalue weighted by molar-refractivity contribution is 7.99. The quantitative estimate of drug-likeness (QED) is 0.839. The number of hydrogen-bond acceptors (Lipinski definition) is 3. The van der Waals surface area contributed by atoms with E-state index in [9.17, 15) is 4.79 Å². The predicted octanol–water partition coefficient (Wildman–Crippen LogP) is 2.72. The Morgan fingerprint density at radius 2 is 1.84 bits per heavy atom. The topological polar surface area (TPSA) is 55.1 Å². The Labute approximate surface area is 127 Å². The van der Waals surface area contributed by atoms with Gasteiger partial charge >= 0.3 is 0 Å². The van der Waals surface area contributed by atoms with Crippen LogP contribution in [0.25, 0.3) is 0 Å². The van der Waals surface area contributed by atoms with E-state index in [2.05, 4.69) is 5.32 Å². The van der Waals surface area contributed by atoms with Gasteiger partial charge in [-0.25, -0.2) is 0 Å². The Morgan fingerprint density at radius 3 is 2.42 bits per heavy atom. The fraction of sp³-hybridized carbons (Fsp3) is 0.929. The summed E-state index contributed by atoms with van der Waals surface area (Å²) in [5.74, 6) is 2.61. The van der Waals surface area contributed by atoms with Gasteiger partial charge in [0, 0.05) is 12.5 Å². The fourth-order valence-corrected chi connectivity index (χ4v) is 4.32. The summed E-state index contributed by atoms with van der Waals surface area (Å²) in [6.45, 7) is 0.668. The molecule has 19 heavy (non-hydrogen) atoms. The lowest BCUT2D eigenvalue weighted by Crippen LogP contribution is -2.43. The molecule has 0 unspecified atom stereocenters. The van der Waals surface area contributed by atoms with Crippen LogP contribution in [-0.2, 0) is 4.79 Å². The normalized spacial score (nSPS) is 23.4. The van der Waals surface area contributed by atoms with E-state index in [1.807, 2.05) is 11.8 Å². The summed E-state index contributed by atoms with van der Waals surface area (Å²) >= 11 is 1.99. The van der Waals surface area contributed by atoms with Gasteiger partial charge in [0.25, 0.3) is 0 Å². The van der Waals surface area contributed by atoms with Crippen LogP contribution in [-0.4, -0.2) is 30.0 Å². The summed E-state index contributed by atoms with van der Waals surface area (Å²) in [5, 5.41) is 3.22. The molecule has 1 saturated heterocycles. The number of carbonyl (C=O) groups is 1. The van der Waals surface area contributed by atoms with E-state index >= 15 is 0 Å². The Hall–Kier alpha value is 0.0700. The van der Waals surface area contributed by atoms with Gasteiger partial charge in [0.05, 0.1) is 0 Å². The van der Waals surface area contributed by atoms with Crippen LogP contribution in [0.5, 0.6) is 0 Å². The minimum Gasteiger partial charge on any atom is -0.353 e. The van der Waals surface area contributed by atoms with Gasteiger partial charge in [-0.1, -0.05) is 19.3 Å². The summed E-state index contributed by atoms with van der Waals surface area (Å²) < 4.78 is 0. The van der Waals surface area contributed by atoms with Crippen molar-refractivity contribution in [2.45, 2.75) is 57.4 Å². The molecule has 1 saturated carbocycles. The first-order valence-electron chi connectivity index (χ1n) is 7.31. The molecule has 0 aromatic rings. The average Bonchev–Trinajstić information content (AvgIpc) is 2.41. The third-order valence-electron chi connectivity index (χ3n) is 4.47. The first-order valence-corrected chi connectivity index (χ1v) is 8.47. The van der Waals surface area contributed by atoms with Crippen molar-refractivity contribution in [2.24, 2.45) is 11.1 Å². The second-order valence-corrected chi connectivity index (χ2v) is 7.12. The van der Waals surface area contributed by atoms with Crippen molar-refractivity contribution in [1.82, 2.24) is 5.32 Å². The lowest BCUT2D eigenvalue weighted by Gasteiger charge is -2.36. The highest BCUT2D eigenvalue weighted by atomic mass is 35.5. The molecule has 112 valence electrons. The molecule has 5 heteroatoms. The molecule has 1 heterocycles. The molecule has 2 rings (SSSR count). The zero-order valence-corrected chi connectivity index (χ0v) is 13.3. The van der Waals surface area contributed by atoms with Crippen LogP contribution in [0.3, 0.4) is 0 Å². The van der Waals surface area contributed by atoms with E-state index in [1.165, 1.54) is 30.8 Å². The fourth-order valence-electron chi connectivity index (χ4n) is 3.22. The SMILES string of the molecule is Cl.NCC1(CC(=O)NC2CCSCC2)CCCCC1. The van der Waals surface area contributed by atoms with Gasteiger partial charge in [0.1, 0.15) is 0 Å². The maximum Gasteiger partial charge on any atom is 0.220 e. The van der Waals surface area contributed by atoms with E-state index in [4.69, 9.17) is 5.73 Å². The van der Waals surface area contributed by atoms with Gasteiger partial charge in [-0.2, -0.15) is 11.8 Å². The molecular formula is C14H27ClN2OS. The molecule has 0 aromatic heterocycles. The number of nitrogens with two attached hydrogens (primary N) is 1. The molecule has 3 nitrogen and oxygen atoms in total. The molecule has 1 aliphatic carbocycles. The maximum atomic E-state index is 12.2. The number of amides is 1. The van der Waals surface area contributed by atoms with Crippen LogP contribution in [0.2, 0.25) is 0 Å². The Kier molecular flexibility index (Phi) is 7.55. The zero-order chi connectivity index (χ0) is 12.8. The highest BCUT2D eigenvalue weighted by Crippen LogP contribution is 2.38. The van der Waals surface area contributed by atoms with Gasteiger partial charge in [0.15, 0.2) is 0 Å². The molecular weight excluding hydrogens is 280 g/mol. The third-order valence-corrected chi connectivity index (χ3v) is 5.52. The van der Waals surface area contributed by atoms with Crippen molar-refractivity contribution < 1.29 is 4.79 Å². The average molecular weight is 307 g/mol. The summed E-state index contributed by atoms with van der Waals surface area (Å²) in [7, 11) is 0. The van der Waals surface area contributed by atoms with Crippen molar-refractivity contribution in [3.05, 3.63) is 0 Å². The molecule has 0 atom stereocenters. The van der Waals surface area contributed by atoms with Crippen molar-refractivity contribution in [1.29, 1.82) is 0 Å². The zero-order valence-electron chi connectivity index (χ0n) is 11.7.